The first-order valence-corrected chi connectivity index (χ1v) is 8.75. The number of hydrogen-bond acceptors (Lipinski definition) is 4. The average molecular weight is 414 g/mol. The molecule has 132 valence electrons. The Balaban J connectivity index is 1.71. The predicted octanol–water partition coefficient (Wildman–Crippen LogP) is 4.89. The quantitative estimate of drug-likeness (QED) is 0.604. The second-order valence-electron chi connectivity index (χ2n) is 5.55. The zero-order chi connectivity index (χ0) is 18.5. The van der Waals surface area contributed by atoms with Gasteiger partial charge in [-0.05, 0) is 46.6 Å². The zero-order valence-corrected chi connectivity index (χ0v) is 15.5. The molecule has 1 amide bonds. The van der Waals surface area contributed by atoms with Gasteiger partial charge >= 0.3 is 5.97 Å². The van der Waals surface area contributed by atoms with Crippen molar-refractivity contribution in [1.82, 2.24) is 0 Å². The van der Waals surface area contributed by atoms with Gasteiger partial charge in [0.1, 0.15) is 0 Å². The molecule has 3 aromatic rings. The van der Waals surface area contributed by atoms with Crippen LogP contribution in [-0.4, -0.2) is 18.0 Å². The maximum atomic E-state index is 12.4. The van der Waals surface area contributed by atoms with Crippen LogP contribution in [0.4, 0.5) is 5.69 Å². The van der Waals surface area contributed by atoms with Gasteiger partial charge in [-0.25, -0.2) is 4.79 Å². The molecule has 0 saturated heterocycles. The number of benzene rings is 2. The molecular weight excluding hydrogens is 398 g/mol. The van der Waals surface area contributed by atoms with Gasteiger partial charge in [0.15, 0.2) is 10.8 Å². The molecule has 2 aromatic carbocycles. The zero-order valence-electron chi connectivity index (χ0n) is 13.9. The number of amides is 1. The van der Waals surface area contributed by atoms with Gasteiger partial charge in [-0.3, -0.25) is 4.79 Å². The Hall–Kier alpha value is -2.86. The number of para-hydroxylation sites is 1. The van der Waals surface area contributed by atoms with Crippen molar-refractivity contribution in [2.24, 2.45) is 0 Å². The van der Waals surface area contributed by atoms with Crippen LogP contribution >= 0.6 is 15.9 Å². The minimum absolute atomic E-state index is 0.0289. The SMILES string of the molecule is CC(OC(=O)c1ccc(Br)o1)C(=O)Nc1ccccc1-c1ccccc1. The Labute approximate surface area is 159 Å². The Kier molecular flexibility index (Phi) is 5.53. The van der Waals surface area contributed by atoms with E-state index in [1.165, 1.54) is 13.0 Å². The summed E-state index contributed by atoms with van der Waals surface area (Å²) in [7, 11) is 0. The minimum Gasteiger partial charge on any atom is -0.447 e. The van der Waals surface area contributed by atoms with E-state index >= 15 is 0 Å². The lowest BCUT2D eigenvalue weighted by molar-refractivity contribution is -0.123. The fourth-order valence-corrected chi connectivity index (χ4v) is 2.70. The molecule has 6 heteroatoms. The van der Waals surface area contributed by atoms with Gasteiger partial charge in [0.05, 0.1) is 0 Å². The number of nitrogens with one attached hydrogen (secondary N) is 1. The molecule has 3 rings (SSSR count). The van der Waals surface area contributed by atoms with Crippen molar-refractivity contribution in [2.45, 2.75) is 13.0 Å². The maximum Gasteiger partial charge on any atom is 0.375 e. The van der Waals surface area contributed by atoms with Crippen molar-refractivity contribution in [3.63, 3.8) is 0 Å². The molecule has 0 aliphatic carbocycles. The summed E-state index contributed by atoms with van der Waals surface area (Å²) in [5.74, 6) is -1.09. The molecule has 0 spiro atoms. The number of ether oxygens (including phenoxy) is 1. The van der Waals surface area contributed by atoms with Crippen molar-refractivity contribution in [3.05, 3.63) is 77.2 Å². The average Bonchev–Trinajstić information content (AvgIpc) is 3.09. The Bertz CT molecular complexity index is 920. The highest BCUT2D eigenvalue weighted by Crippen LogP contribution is 2.27. The summed E-state index contributed by atoms with van der Waals surface area (Å²) < 4.78 is 10.7. The third-order valence-corrected chi connectivity index (χ3v) is 4.12. The fourth-order valence-electron chi connectivity index (χ4n) is 2.39. The molecular formula is C20H16BrNO4. The van der Waals surface area contributed by atoms with Gasteiger partial charge in [-0.2, -0.15) is 0 Å². The molecule has 0 radical (unpaired) electrons. The standard InChI is InChI=1S/C20H16BrNO4/c1-13(25-20(24)17-11-12-18(21)26-17)19(23)22-16-10-6-5-9-15(16)14-7-3-2-4-8-14/h2-13H,1H3,(H,22,23). The van der Waals surface area contributed by atoms with E-state index in [0.717, 1.165) is 11.1 Å². The summed E-state index contributed by atoms with van der Waals surface area (Å²) in [5, 5.41) is 2.81. The smallest absolute Gasteiger partial charge is 0.375 e. The highest BCUT2D eigenvalue weighted by atomic mass is 79.9. The summed E-state index contributed by atoms with van der Waals surface area (Å²) in [5.41, 5.74) is 2.51. The largest absolute Gasteiger partial charge is 0.447 e. The van der Waals surface area contributed by atoms with Crippen LogP contribution in [0, 0.1) is 0 Å². The van der Waals surface area contributed by atoms with Gasteiger partial charge in [-0.1, -0.05) is 48.5 Å². The second-order valence-corrected chi connectivity index (χ2v) is 6.33. The number of furan rings is 1. The summed E-state index contributed by atoms with van der Waals surface area (Å²) >= 11 is 3.12. The van der Waals surface area contributed by atoms with Crippen molar-refractivity contribution in [3.8, 4) is 11.1 Å². The lowest BCUT2D eigenvalue weighted by Crippen LogP contribution is -2.30. The Morgan fingerprint density at radius 1 is 1.00 bits per heavy atom. The van der Waals surface area contributed by atoms with E-state index in [0.29, 0.717) is 10.4 Å². The van der Waals surface area contributed by atoms with Gasteiger partial charge < -0.3 is 14.5 Å². The van der Waals surface area contributed by atoms with Gasteiger partial charge in [-0.15, -0.1) is 0 Å². The molecule has 26 heavy (non-hydrogen) atoms. The summed E-state index contributed by atoms with van der Waals surface area (Å²) in [6.45, 7) is 1.51. The number of halogens is 1. The predicted molar refractivity (Wildman–Crippen MR) is 102 cm³/mol. The molecule has 0 aliphatic heterocycles. The van der Waals surface area contributed by atoms with E-state index in [4.69, 9.17) is 9.15 Å². The molecule has 1 aromatic heterocycles. The van der Waals surface area contributed by atoms with Crippen LogP contribution in [-0.2, 0) is 9.53 Å². The lowest BCUT2D eigenvalue weighted by Gasteiger charge is -2.15. The number of rotatable bonds is 5. The van der Waals surface area contributed by atoms with Crippen LogP contribution in [0.25, 0.3) is 11.1 Å². The first kappa shape index (κ1) is 17.9. The number of hydrogen-bond donors (Lipinski definition) is 1. The number of carbonyl (C=O) groups is 2. The van der Waals surface area contributed by atoms with Crippen LogP contribution in [0.3, 0.4) is 0 Å². The van der Waals surface area contributed by atoms with Crippen molar-refractivity contribution < 1.29 is 18.7 Å². The number of carbonyl (C=O) groups excluding carboxylic acids is 2. The fraction of sp³-hybridized carbons (Fsp3) is 0.100. The normalized spacial score (nSPS) is 11.6. The van der Waals surface area contributed by atoms with E-state index in [-0.39, 0.29) is 5.76 Å². The van der Waals surface area contributed by atoms with Crippen LogP contribution in [0.2, 0.25) is 0 Å². The number of esters is 1. The first-order chi connectivity index (χ1) is 12.5. The monoisotopic (exact) mass is 413 g/mol. The number of anilines is 1. The van der Waals surface area contributed by atoms with Crippen LogP contribution in [0.15, 0.2) is 75.8 Å². The van der Waals surface area contributed by atoms with Crippen molar-refractivity contribution in [1.29, 1.82) is 0 Å². The van der Waals surface area contributed by atoms with Crippen molar-refractivity contribution >= 4 is 33.5 Å². The molecule has 5 nitrogen and oxygen atoms in total. The molecule has 1 heterocycles. The summed E-state index contributed by atoms with van der Waals surface area (Å²) in [4.78, 5) is 24.4. The third-order valence-electron chi connectivity index (χ3n) is 3.70. The first-order valence-electron chi connectivity index (χ1n) is 7.96. The van der Waals surface area contributed by atoms with Crippen LogP contribution in [0.5, 0.6) is 0 Å². The third kappa shape index (κ3) is 4.21. The summed E-state index contributed by atoms with van der Waals surface area (Å²) in [6.07, 6.45) is -0.977. The van der Waals surface area contributed by atoms with Crippen molar-refractivity contribution in [2.75, 3.05) is 5.32 Å². The molecule has 1 atom stereocenters. The highest BCUT2D eigenvalue weighted by molar-refractivity contribution is 9.10. The lowest BCUT2D eigenvalue weighted by atomic mass is 10.0. The molecule has 1 N–H and O–H groups in total. The van der Waals surface area contributed by atoms with Crippen LogP contribution < -0.4 is 5.32 Å². The van der Waals surface area contributed by atoms with Gasteiger partial charge in [0.2, 0.25) is 5.76 Å². The van der Waals surface area contributed by atoms with E-state index in [2.05, 4.69) is 21.2 Å². The maximum absolute atomic E-state index is 12.4. The molecule has 0 bridgehead atoms. The van der Waals surface area contributed by atoms with E-state index in [9.17, 15) is 9.59 Å². The van der Waals surface area contributed by atoms with E-state index in [1.54, 1.807) is 12.1 Å². The molecule has 1 unspecified atom stereocenters. The minimum atomic E-state index is -0.977. The van der Waals surface area contributed by atoms with E-state index < -0.39 is 18.0 Å². The van der Waals surface area contributed by atoms with E-state index in [1.807, 2.05) is 48.5 Å². The summed E-state index contributed by atoms with van der Waals surface area (Å²) in [6, 6.07) is 20.2. The highest BCUT2D eigenvalue weighted by Gasteiger charge is 2.21. The molecule has 0 aliphatic rings. The van der Waals surface area contributed by atoms with Crippen LogP contribution in [0.1, 0.15) is 17.5 Å². The molecule has 0 fully saturated rings. The Morgan fingerprint density at radius 2 is 1.69 bits per heavy atom. The Morgan fingerprint density at radius 3 is 2.38 bits per heavy atom. The molecule has 0 saturated carbocycles. The van der Waals surface area contributed by atoms with Gasteiger partial charge in [0.25, 0.3) is 5.91 Å². The topological polar surface area (TPSA) is 68.5 Å². The second kappa shape index (κ2) is 8.01. The van der Waals surface area contributed by atoms with Gasteiger partial charge in [0, 0.05) is 11.3 Å².